The number of hydrogen-bond donors (Lipinski definition) is 4. The minimum Gasteiger partial charge on any atom is -0.481 e. The first-order valence-electron chi connectivity index (χ1n) is 13.9. The summed E-state index contributed by atoms with van der Waals surface area (Å²) in [5.41, 5.74) is 0.631. The van der Waals surface area contributed by atoms with Gasteiger partial charge in [0.15, 0.2) is 12.6 Å². The molecule has 1 aromatic carbocycles. The summed E-state index contributed by atoms with van der Waals surface area (Å²) >= 11 is 0. The number of fused-ring (bicyclic) bond motifs is 1. The molecular formula is C27H38N3O11PS. The van der Waals surface area contributed by atoms with Gasteiger partial charge >= 0.3 is 13.7 Å². The first kappa shape index (κ1) is 33.3. The molecule has 14 nitrogen and oxygen atoms in total. The van der Waals surface area contributed by atoms with Crippen LogP contribution in [0.1, 0.15) is 25.8 Å². The molecule has 0 aliphatic carbocycles. The summed E-state index contributed by atoms with van der Waals surface area (Å²) in [7, 11) is -8.39. The Labute approximate surface area is 250 Å². The number of nitrogens with one attached hydrogen (secondary N) is 1. The zero-order chi connectivity index (χ0) is 31.2. The van der Waals surface area contributed by atoms with Crippen molar-refractivity contribution in [1.82, 2.24) is 14.6 Å². The Hall–Kier alpha value is -2.62. The van der Waals surface area contributed by atoms with E-state index in [0.29, 0.717) is 18.6 Å². The maximum absolute atomic E-state index is 13.5. The highest BCUT2D eigenvalue weighted by Crippen LogP contribution is 2.35. The zero-order valence-electron chi connectivity index (χ0n) is 23.9. The van der Waals surface area contributed by atoms with Crippen LogP contribution in [-0.4, -0.2) is 95.9 Å². The van der Waals surface area contributed by atoms with Crippen LogP contribution in [0.25, 0.3) is 0 Å². The summed E-state index contributed by atoms with van der Waals surface area (Å²) < 4.78 is 61.0. The van der Waals surface area contributed by atoms with E-state index in [0.717, 1.165) is 0 Å². The van der Waals surface area contributed by atoms with Gasteiger partial charge in [0.05, 0.1) is 31.3 Å². The molecule has 0 saturated carbocycles. The van der Waals surface area contributed by atoms with Crippen molar-refractivity contribution in [3.05, 3.63) is 54.4 Å². The molecule has 2 fully saturated rings. The van der Waals surface area contributed by atoms with Crippen molar-refractivity contribution in [2.75, 3.05) is 32.7 Å². The second-order valence-corrected chi connectivity index (χ2v) is 14.5. The van der Waals surface area contributed by atoms with Crippen LogP contribution < -0.4 is 10.1 Å². The Bertz CT molecular complexity index is 1360. The molecule has 5 atom stereocenters. The second kappa shape index (κ2) is 14.4. The van der Waals surface area contributed by atoms with Gasteiger partial charge in [0.25, 0.3) is 0 Å². The quantitative estimate of drug-likeness (QED) is 0.218. The first-order chi connectivity index (χ1) is 20.3. The normalized spacial score (nSPS) is 21.9. The Morgan fingerprint density at radius 1 is 1.19 bits per heavy atom. The number of amides is 1. The molecule has 0 radical (unpaired) electrons. The standard InChI is InChI=1S/C27H38N3O11PS/c1-18(2)14-30(43(36,37)21-4-3-10-28-13-21)15-24(31)23(12-19-5-7-20(8-6-19)40-17-42(33,34)35)29-27(32)41-25-16-39-26-22(25)9-11-38-26/h3-8,10,13,18,22-26,31H,9,11-12,14-17H2,1-2H3,(H,29,32)(H2,33,34,35)/t22-,23-,24+,25-,26+/m0/s1. The molecule has 1 amide bonds. The third kappa shape index (κ3) is 9.43. The van der Waals surface area contributed by atoms with Crippen molar-refractivity contribution in [2.45, 2.75) is 56.1 Å². The number of nitrogens with zero attached hydrogens (tertiary/aromatic N) is 2. The lowest BCUT2D eigenvalue weighted by molar-refractivity contribution is -0.0907. The van der Waals surface area contributed by atoms with Crippen LogP contribution in [0.4, 0.5) is 4.79 Å². The monoisotopic (exact) mass is 643 g/mol. The lowest BCUT2D eigenvalue weighted by Gasteiger charge is -2.31. The Morgan fingerprint density at radius 2 is 1.93 bits per heavy atom. The van der Waals surface area contributed by atoms with E-state index in [1.165, 1.54) is 41.0 Å². The lowest BCUT2D eigenvalue weighted by Crippen LogP contribution is -2.51. The highest BCUT2D eigenvalue weighted by molar-refractivity contribution is 7.89. The summed E-state index contributed by atoms with van der Waals surface area (Å²) in [6.07, 6.45) is -0.424. The van der Waals surface area contributed by atoms with Crippen LogP contribution in [0.2, 0.25) is 0 Å². The van der Waals surface area contributed by atoms with E-state index in [9.17, 15) is 22.9 Å². The van der Waals surface area contributed by atoms with Gasteiger partial charge in [0.2, 0.25) is 10.0 Å². The summed E-state index contributed by atoms with van der Waals surface area (Å²) in [6.45, 7) is 4.17. The lowest BCUT2D eigenvalue weighted by atomic mass is 10.0. The van der Waals surface area contributed by atoms with Crippen LogP contribution in [0.5, 0.6) is 5.75 Å². The number of rotatable bonds is 14. The van der Waals surface area contributed by atoms with Crippen molar-refractivity contribution in [3.8, 4) is 5.75 Å². The zero-order valence-corrected chi connectivity index (χ0v) is 25.6. The molecule has 4 N–H and O–H groups in total. The molecule has 2 aromatic rings. The van der Waals surface area contributed by atoms with Crippen LogP contribution in [-0.2, 0) is 35.2 Å². The van der Waals surface area contributed by atoms with Crippen molar-refractivity contribution >= 4 is 23.7 Å². The molecule has 0 spiro atoms. The van der Waals surface area contributed by atoms with Crippen molar-refractivity contribution in [3.63, 3.8) is 0 Å². The van der Waals surface area contributed by atoms with Gasteiger partial charge in [-0.15, -0.1) is 0 Å². The molecule has 2 aliphatic heterocycles. The van der Waals surface area contributed by atoms with E-state index >= 15 is 0 Å². The molecule has 0 unspecified atom stereocenters. The predicted octanol–water partition coefficient (Wildman–Crippen LogP) is 1.70. The van der Waals surface area contributed by atoms with E-state index in [2.05, 4.69) is 10.3 Å². The van der Waals surface area contributed by atoms with Crippen molar-refractivity contribution in [2.24, 2.45) is 11.8 Å². The van der Waals surface area contributed by atoms with Gasteiger partial charge in [0, 0.05) is 25.5 Å². The Balaban J connectivity index is 1.51. The van der Waals surface area contributed by atoms with Gasteiger partial charge in [-0.25, -0.2) is 13.2 Å². The molecule has 3 heterocycles. The molecule has 238 valence electrons. The molecule has 0 bridgehead atoms. The third-order valence-electron chi connectivity index (χ3n) is 7.02. The average molecular weight is 644 g/mol. The van der Waals surface area contributed by atoms with Gasteiger partial charge < -0.3 is 39.2 Å². The fourth-order valence-electron chi connectivity index (χ4n) is 4.95. The number of hydrogen-bond acceptors (Lipinski definition) is 10. The van der Waals surface area contributed by atoms with E-state index in [1.807, 2.05) is 13.8 Å². The van der Waals surface area contributed by atoms with E-state index < -0.39 is 54.6 Å². The number of aromatic nitrogens is 1. The molecule has 2 aliphatic rings. The van der Waals surface area contributed by atoms with Gasteiger partial charge in [0.1, 0.15) is 16.7 Å². The number of aliphatic hydroxyl groups is 1. The molecule has 1 aromatic heterocycles. The smallest absolute Gasteiger partial charge is 0.407 e. The summed E-state index contributed by atoms with van der Waals surface area (Å²) in [5, 5.41) is 14.1. The number of benzene rings is 1. The highest BCUT2D eigenvalue weighted by atomic mass is 32.2. The first-order valence-corrected chi connectivity index (χ1v) is 17.1. The van der Waals surface area contributed by atoms with Gasteiger partial charge in [-0.3, -0.25) is 9.55 Å². The topological polar surface area (TPSA) is 194 Å². The summed E-state index contributed by atoms with van der Waals surface area (Å²) in [6, 6.07) is 8.19. The molecule has 43 heavy (non-hydrogen) atoms. The third-order valence-corrected chi connectivity index (χ3v) is 9.30. The van der Waals surface area contributed by atoms with Crippen LogP contribution in [0.3, 0.4) is 0 Å². The summed E-state index contributed by atoms with van der Waals surface area (Å²) in [5.74, 6) is 0.0532. The van der Waals surface area contributed by atoms with Crippen molar-refractivity contribution < 1.29 is 51.6 Å². The average Bonchev–Trinajstić information content (AvgIpc) is 3.57. The molecule has 4 rings (SSSR count). The second-order valence-electron chi connectivity index (χ2n) is 11.0. The number of aliphatic hydroxyl groups excluding tert-OH is 1. The van der Waals surface area contributed by atoms with E-state index in [-0.39, 0.29) is 48.6 Å². The van der Waals surface area contributed by atoms with Crippen molar-refractivity contribution in [1.29, 1.82) is 0 Å². The Morgan fingerprint density at radius 3 is 2.58 bits per heavy atom. The molecule has 2 saturated heterocycles. The maximum Gasteiger partial charge on any atom is 0.407 e. The molecular weight excluding hydrogens is 605 g/mol. The number of sulfonamides is 1. The summed E-state index contributed by atoms with van der Waals surface area (Å²) in [4.78, 5) is 35.0. The maximum atomic E-state index is 13.5. The van der Waals surface area contributed by atoms with Gasteiger partial charge in [-0.1, -0.05) is 26.0 Å². The SMILES string of the molecule is CC(C)CN(C[C@@H](O)[C@H](Cc1ccc(OCP(=O)(O)O)cc1)NC(=O)O[C@H]1CO[C@H]2OCC[C@H]21)S(=O)(=O)c1cccnc1. The Kier molecular flexibility index (Phi) is 11.2. The fourth-order valence-corrected chi connectivity index (χ4v) is 6.85. The van der Waals surface area contributed by atoms with E-state index in [1.54, 1.807) is 12.1 Å². The predicted molar refractivity (Wildman–Crippen MR) is 153 cm³/mol. The number of alkyl carbamates (subject to hydrolysis) is 1. The number of ether oxygens (including phenoxy) is 4. The number of pyridine rings is 1. The highest BCUT2D eigenvalue weighted by Gasteiger charge is 2.44. The largest absolute Gasteiger partial charge is 0.481 e. The van der Waals surface area contributed by atoms with Crippen LogP contribution in [0.15, 0.2) is 53.7 Å². The van der Waals surface area contributed by atoms with Crippen LogP contribution in [0, 0.1) is 11.8 Å². The minimum absolute atomic E-state index is 0.0211. The van der Waals surface area contributed by atoms with E-state index in [4.69, 9.17) is 28.7 Å². The van der Waals surface area contributed by atoms with Gasteiger partial charge in [-0.05, 0) is 48.6 Å². The van der Waals surface area contributed by atoms with Crippen LogP contribution >= 0.6 is 7.60 Å². The fraction of sp³-hybridized carbons (Fsp3) is 0.556. The number of carbonyl (C=O) groups is 1. The number of carbonyl (C=O) groups excluding carboxylic acids is 1. The molecule has 16 heteroatoms. The van der Waals surface area contributed by atoms with Gasteiger partial charge in [-0.2, -0.15) is 4.31 Å². The minimum atomic E-state index is -4.37.